The number of aromatic nitrogens is 2. The van der Waals surface area contributed by atoms with Crippen LogP contribution in [0.1, 0.15) is 55.9 Å². The Morgan fingerprint density at radius 1 is 1.11 bits per heavy atom. The van der Waals surface area contributed by atoms with Crippen molar-refractivity contribution in [3.8, 4) is 0 Å². The van der Waals surface area contributed by atoms with Crippen molar-refractivity contribution in [1.29, 1.82) is 0 Å². The Bertz CT molecular complexity index is 782. The van der Waals surface area contributed by atoms with Gasteiger partial charge in [-0.05, 0) is 43.9 Å². The Kier molecular flexibility index (Phi) is 5.93. The number of nitrogens with one attached hydrogen (secondary N) is 1. The van der Waals surface area contributed by atoms with Crippen LogP contribution < -0.4 is 10.2 Å². The molecule has 1 amide bonds. The summed E-state index contributed by atoms with van der Waals surface area (Å²) in [6.07, 6.45) is 7.95. The minimum Gasteiger partial charge on any atom is -0.371 e. The van der Waals surface area contributed by atoms with Gasteiger partial charge in [0.2, 0.25) is 11.0 Å². The molecule has 1 aliphatic heterocycles. The molecule has 0 atom stereocenters. The number of hydrogen-bond donors (Lipinski definition) is 1. The van der Waals surface area contributed by atoms with Crippen molar-refractivity contribution in [2.75, 3.05) is 23.3 Å². The van der Waals surface area contributed by atoms with Crippen LogP contribution >= 0.6 is 22.9 Å². The van der Waals surface area contributed by atoms with E-state index in [1.807, 2.05) is 18.2 Å². The fourth-order valence-corrected chi connectivity index (χ4v) is 5.18. The molecular formula is C20H25ClN4OS. The summed E-state index contributed by atoms with van der Waals surface area (Å²) in [6.45, 7) is 1.73. The van der Waals surface area contributed by atoms with Crippen molar-refractivity contribution in [3.63, 3.8) is 0 Å². The highest BCUT2D eigenvalue weighted by Gasteiger charge is 2.26. The van der Waals surface area contributed by atoms with Gasteiger partial charge < -0.3 is 10.2 Å². The SMILES string of the molecule is O=C(Nc1nnc(C2CCCCC2)s1)C1CCN(c2cccc(Cl)c2)CC1. The smallest absolute Gasteiger partial charge is 0.229 e. The fraction of sp³-hybridized carbons (Fsp3) is 0.550. The number of benzene rings is 1. The van der Waals surface area contributed by atoms with Gasteiger partial charge in [0.05, 0.1) is 0 Å². The molecular weight excluding hydrogens is 380 g/mol. The number of nitrogens with zero attached hydrogens (tertiary/aromatic N) is 3. The third-order valence-corrected chi connectivity index (χ3v) is 6.90. The van der Waals surface area contributed by atoms with Crippen LogP contribution in [0.25, 0.3) is 0 Å². The molecule has 1 N–H and O–H groups in total. The molecule has 144 valence electrons. The second-order valence-electron chi connectivity index (χ2n) is 7.51. The van der Waals surface area contributed by atoms with Crippen LogP contribution in [-0.4, -0.2) is 29.2 Å². The van der Waals surface area contributed by atoms with Crippen LogP contribution in [0.2, 0.25) is 5.02 Å². The monoisotopic (exact) mass is 404 g/mol. The zero-order valence-electron chi connectivity index (χ0n) is 15.4. The van der Waals surface area contributed by atoms with Crippen molar-refractivity contribution in [3.05, 3.63) is 34.3 Å². The predicted octanol–water partition coefficient (Wildman–Crippen LogP) is 5.09. The Morgan fingerprint density at radius 2 is 1.89 bits per heavy atom. The molecule has 2 aliphatic rings. The van der Waals surface area contributed by atoms with Crippen molar-refractivity contribution >= 4 is 39.7 Å². The maximum atomic E-state index is 12.6. The lowest BCUT2D eigenvalue weighted by molar-refractivity contribution is -0.120. The summed E-state index contributed by atoms with van der Waals surface area (Å²) in [7, 11) is 0. The van der Waals surface area contributed by atoms with Gasteiger partial charge >= 0.3 is 0 Å². The molecule has 27 heavy (non-hydrogen) atoms. The molecule has 5 nitrogen and oxygen atoms in total. The summed E-state index contributed by atoms with van der Waals surface area (Å²) in [5, 5.41) is 14.0. The van der Waals surface area contributed by atoms with E-state index < -0.39 is 0 Å². The Balaban J connectivity index is 1.30. The zero-order valence-corrected chi connectivity index (χ0v) is 16.9. The van der Waals surface area contributed by atoms with E-state index in [0.717, 1.165) is 41.6 Å². The van der Waals surface area contributed by atoms with E-state index >= 15 is 0 Å². The van der Waals surface area contributed by atoms with Crippen LogP contribution in [-0.2, 0) is 4.79 Å². The van der Waals surface area contributed by atoms with E-state index in [-0.39, 0.29) is 11.8 Å². The van der Waals surface area contributed by atoms with E-state index in [1.54, 1.807) is 11.3 Å². The first-order valence-corrected chi connectivity index (χ1v) is 11.0. The number of halogens is 1. The van der Waals surface area contributed by atoms with Gasteiger partial charge in [-0.2, -0.15) is 0 Å². The number of piperidine rings is 1. The summed E-state index contributed by atoms with van der Waals surface area (Å²) in [5.74, 6) is 0.636. The first kappa shape index (κ1) is 18.7. The van der Waals surface area contributed by atoms with Crippen LogP contribution in [0.5, 0.6) is 0 Å². The third-order valence-electron chi connectivity index (χ3n) is 5.66. The van der Waals surface area contributed by atoms with Crippen LogP contribution in [0.4, 0.5) is 10.8 Å². The summed E-state index contributed by atoms with van der Waals surface area (Å²) in [4.78, 5) is 14.9. The van der Waals surface area contributed by atoms with Gasteiger partial charge in [0.15, 0.2) is 0 Å². The van der Waals surface area contributed by atoms with E-state index in [9.17, 15) is 4.79 Å². The number of rotatable bonds is 4. The average Bonchev–Trinajstić information content (AvgIpc) is 3.17. The molecule has 1 aromatic heterocycles. The van der Waals surface area contributed by atoms with Gasteiger partial charge in [-0.1, -0.05) is 48.3 Å². The first-order valence-electron chi connectivity index (χ1n) is 9.84. The van der Waals surface area contributed by atoms with E-state index in [0.29, 0.717) is 11.0 Å². The van der Waals surface area contributed by atoms with E-state index in [2.05, 4.69) is 26.5 Å². The van der Waals surface area contributed by atoms with Crippen molar-refractivity contribution in [1.82, 2.24) is 10.2 Å². The minimum absolute atomic E-state index is 0.0301. The molecule has 2 heterocycles. The van der Waals surface area contributed by atoms with Gasteiger partial charge in [0.1, 0.15) is 5.01 Å². The number of anilines is 2. The topological polar surface area (TPSA) is 58.1 Å². The second-order valence-corrected chi connectivity index (χ2v) is 8.96. The highest BCUT2D eigenvalue weighted by atomic mass is 35.5. The number of amides is 1. The normalized spacial score (nSPS) is 19.2. The second kappa shape index (κ2) is 8.57. The lowest BCUT2D eigenvalue weighted by atomic mass is 9.90. The minimum atomic E-state index is 0.0301. The van der Waals surface area contributed by atoms with Gasteiger partial charge in [-0.15, -0.1) is 10.2 Å². The van der Waals surface area contributed by atoms with E-state index in [1.165, 1.54) is 32.1 Å². The zero-order chi connectivity index (χ0) is 18.6. The quantitative estimate of drug-likeness (QED) is 0.770. The molecule has 1 saturated heterocycles. The van der Waals surface area contributed by atoms with Gasteiger partial charge in [0, 0.05) is 35.6 Å². The Hall–Kier alpha value is -1.66. The molecule has 2 fully saturated rings. The molecule has 2 aromatic rings. The number of carbonyl (C=O) groups is 1. The lowest BCUT2D eigenvalue weighted by Gasteiger charge is -2.32. The van der Waals surface area contributed by atoms with Crippen LogP contribution in [0.15, 0.2) is 24.3 Å². The standard InChI is InChI=1S/C20H25ClN4OS/c21-16-7-4-8-17(13-16)25-11-9-14(10-12-25)18(26)22-20-24-23-19(27-20)15-5-2-1-3-6-15/h4,7-8,13-15H,1-3,5-6,9-12H2,(H,22,24,26). The third kappa shape index (κ3) is 4.61. The van der Waals surface area contributed by atoms with Crippen LogP contribution in [0, 0.1) is 5.92 Å². The van der Waals surface area contributed by atoms with Crippen molar-refractivity contribution < 1.29 is 4.79 Å². The largest absolute Gasteiger partial charge is 0.371 e. The number of carbonyl (C=O) groups excluding carboxylic acids is 1. The molecule has 4 rings (SSSR count). The van der Waals surface area contributed by atoms with Gasteiger partial charge in [-0.25, -0.2) is 0 Å². The van der Waals surface area contributed by atoms with Gasteiger partial charge in [0.25, 0.3) is 0 Å². The molecule has 0 spiro atoms. The maximum absolute atomic E-state index is 12.6. The first-order chi connectivity index (χ1) is 13.2. The lowest BCUT2D eigenvalue weighted by Crippen LogP contribution is -2.38. The summed E-state index contributed by atoms with van der Waals surface area (Å²) in [5.41, 5.74) is 1.13. The molecule has 7 heteroatoms. The summed E-state index contributed by atoms with van der Waals surface area (Å²) >= 11 is 7.64. The Morgan fingerprint density at radius 3 is 2.63 bits per heavy atom. The van der Waals surface area contributed by atoms with Crippen LogP contribution in [0.3, 0.4) is 0 Å². The molecule has 1 aromatic carbocycles. The molecule has 1 aliphatic carbocycles. The average molecular weight is 405 g/mol. The van der Waals surface area contributed by atoms with E-state index in [4.69, 9.17) is 11.6 Å². The fourth-order valence-electron chi connectivity index (χ4n) is 4.08. The summed E-state index contributed by atoms with van der Waals surface area (Å²) < 4.78 is 0. The van der Waals surface area contributed by atoms with Gasteiger partial charge in [-0.3, -0.25) is 4.79 Å². The number of hydrogen-bond acceptors (Lipinski definition) is 5. The summed E-state index contributed by atoms with van der Waals surface area (Å²) in [6, 6.07) is 7.90. The Labute approximate surface area is 169 Å². The predicted molar refractivity (Wildman–Crippen MR) is 111 cm³/mol. The molecule has 0 unspecified atom stereocenters. The molecule has 1 saturated carbocycles. The maximum Gasteiger partial charge on any atom is 0.229 e. The molecule has 0 radical (unpaired) electrons. The van der Waals surface area contributed by atoms with Crippen molar-refractivity contribution in [2.45, 2.75) is 50.9 Å². The molecule has 0 bridgehead atoms. The highest BCUT2D eigenvalue weighted by Crippen LogP contribution is 2.35. The highest BCUT2D eigenvalue weighted by molar-refractivity contribution is 7.15. The van der Waals surface area contributed by atoms with Crippen molar-refractivity contribution in [2.24, 2.45) is 5.92 Å².